The molecule has 0 aliphatic heterocycles. The van der Waals surface area contributed by atoms with Gasteiger partial charge in [-0.3, -0.25) is 0 Å². The Morgan fingerprint density at radius 1 is 1.12 bits per heavy atom. The van der Waals surface area contributed by atoms with Crippen LogP contribution in [0.5, 0.6) is 0 Å². The van der Waals surface area contributed by atoms with Gasteiger partial charge in [-0.2, -0.15) is 13.2 Å². The lowest BCUT2D eigenvalue weighted by Crippen LogP contribution is -2.28. The molecule has 0 atom stereocenters. The summed E-state index contributed by atoms with van der Waals surface area (Å²) in [6.07, 6.45) is -4.84. The average molecular weight is 395 g/mol. The molecule has 0 radical (unpaired) electrons. The van der Waals surface area contributed by atoms with Crippen LogP contribution in [0.15, 0.2) is 24.3 Å². The smallest absolute Gasteiger partial charge is 0.238 e. The second-order valence-electron chi connectivity index (χ2n) is 5.45. The Hall–Kier alpha value is -2.14. The van der Waals surface area contributed by atoms with Gasteiger partial charge in [-0.25, -0.2) is 31.9 Å². The zero-order valence-electron chi connectivity index (χ0n) is 13.4. The minimum atomic E-state index is -4.64. The van der Waals surface area contributed by atoms with Gasteiger partial charge in [0.05, 0.1) is 5.75 Å². The molecule has 1 N–H and O–H groups in total. The van der Waals surface area contributed by atoms with Gasteiger partial charge >= 0.3 is 6.18 Å². The summed E-state index contributed by atoms with van der Waals surface area (Å²) in [7, 11) is -4.03. The van der Waals surface area contributed by atoms with Crippen molar-refractivity contribution >= 4 is 10.0 Å². The van der Waals surface area contributed by atoms with E-state index in [0.29, 0.717) is 0 Å². The molecule has 0 fully saturated rings. The zero-order valence-corrected chi connectivity index (χ0v) is 14.3. The fourth-order valence-corrected chi connectivity index (χ4v) is 3.26. The molecule has 5 nitrogen and oxygen atoms in total. The van der Waals surface area contributed by atoms with Gasteiger partial charge in [-0.1, -0.05) is 0 Å². The normalized spacial score (nSPS) is 12.4. The minimum absolute atomic E-state index is 0.0898. The van der Waals surface area contributed by atoms with Gasteiger partial charge in [-0.05, 0) is 31.2 Å². The first-order valence-corrected chi connectivity index (χ1v) is 8.94. The number of benzene rings is 1. The number of hydrogen-bond donors (Lipinski definition) is 1. The van der Waals surface area contributed by atoms with E-state index in [4.69, 9.17) is 0 Å². The number of aryl methyl sites for hydroxylation is 1. The number of rotatable bonds is 6. The summed E-state index contributed by atoms with van der Waals surface area (Å²) in [6.45, 7) is 1.07. The zero-order chi connectivity index (χ0) is 19.5. The molecule has 0 aliphatic rings. The number of sulfonamides is 1. The van der Waals surface area contributed by atoms with Crippen molar-refractivity contribution < 1.29 is 30.4 Å². The van der Waals surface area contributed by atoms with E-state index in [1.807, 2.05) is 0 Å². The number of nitrogens with zero attached hydrogens (tertiary/aromatic N) is 2. The van der Waals surface area contributed by atoms with E-state index in [1.165, 1.54) is 6.92 Å². The van der Waals surface area contributed by atoms with Crippen molar-refractivity contribution in [1.29, 1.82) is 0 Å². The van der Waals surface area contributed by atoms with Crippen LogP contribution in [0, 0.1) is 18.6 Å². The van der Waals surface area contributed by atoms with Crippen LogP contribution in [0.1, 0.15) is 22.8 Å². The number of halogens is 5. The molecule has 1 heterocycles. The van der Waals surface area contributed by atoms with E-state index >= 15 is 0 Å². The highest BCUT2D eigenvalue weighted by atomic mass is 32.2. The second kappa shape index (κ2) is 7.62. The summed E-state index contributed by atoms with van der Waals surface area (Å²) in [4.78, 5) is 7.17. The number of alkyl halides is 3. The van der Waals surface area contributed by atoms with E-state index in [0.717, 1.165) is 24.3 Å². The van der Waals surface area contributed by atoms with Crippen molar-refractivity contribution in [3.63, 3.8) is 0 Å². The van der Waals surface area contributed by atoms with Gasteiger partial charge in [0.15, 0.2) is 0 Å². The third kappa shape index (κ3) is 5.70. The molecule has 0 amide bonds. The first-order valence-electron chi connectivity index (χ1n) is 7.29. The first-order chi connectivity index (χ1) is 12.0. The maximum absolute atomic E-state index is 13.5. The van der Waals surface area contributed by atoms with E-state index in [9.17, 15) is 30.4 Å². The average Bonchev–Trinajstić information content (AvgIpc) is 2.49. The van der Waals surface area contributed by atoms with Gasteiger partial charge in [0.25, 0.3) is 0 Å². The Labute approximate surface area is 146 Å². The molecule has 11 heteroatoms. The second-order valence-corrected chi connectivity index (χ2v) is 7.25. The highest BCUT2D eigenvalue weighted by Crippen LogP contribution is 2.27. The Kier molecular flexibility index (Phi) is 5.91. The number of aromatic nitrogens is 2. The fourth-order valence-electron chi connectivity index (χ4n) is 2.12. The van der Waals surface area contributed by atoms with Gasteiger partial charge in [0.1, 0.15) is 23.2 Å². The lowest BCUT2D eigenvalue weighted by atomic mass is 10.2. The Morgan fingerprint density at radius 2 is 1.81 bits per heavy atom. The number of hydrogen-bond acceptors (Lipinski definition) is 4. The molecule has 0 unspecified atom stereocenters. The molecule has 0 spiro atoms. The molecule has 142 valence electrons. The molecular formula is C15H14F5N3O2S. The van der Waals surface area contributed by atoms with Gasteiger partial charge < -0.3 is 0 Å². The van der Waals surface area contributed by atoms with Crippen LogP contribution in [0.3, 0.4) is 0 Å². The van der Waals surface area contributed by atoms with Crippen molar-refractivity contribution in [2.45, 2.75) is 25.3 Å². The first kappa shape index (κ1) is 20.2. The SMILES string of the molecule is Cc1cc(C(F)(F)F)nc(CCNS(=O)(=O)Cc2cc(F)ccc2F)n1. The Balaban J connectivity index is 2.03. The Morgan fingerprint density at radius 3 is 2.46 bits per heavy atom. The summed E-state index contributed by atoms with van der Waals surface area (Å²) in [5, 5.41) is 0. The fraction of sp³-hybridized carbons (Fsp3) is 0.333. The molecule has 0 saturated carbocycles. The van der Waals surface area contributed by atoms with Crippen molar-refractivity contribution in [1.82, 2.24) is 14.7 Å². The summed E-state index contributed by atoms with van der Waals surface area (Å²) in [5.41, 5.74) is -1.39. The van der Waals surface area contributed by atoms with E-state index < -0.39 is 39.3 Å². The van der Waals surface area contributed by atoms with Crippen molar-refractivity contribution in [2.75, 3.05) is 6.54 Å². The van der Waals surface area contributed by atoms with Crippen LogP contribution in [-0.2, 0) is 28.4 Å². The molecule has 0 saturated heterocycles. The maximum Gasteiger partial charge on any atom is 0.433 e. The van der Waals surface area contributed by atoms with Crippen LogP contribution in [-0.4, -0.2) is 24.9 Å². The van der Waals surface area contributed by atoms with Crippen LogP contribution < -0.4 is 4.72 Å². The van der Waals surface area contributed by atoms with Crippen LogP contribution in [0.2, 0.25) is 0 Å². The lowest BCUT2D eigenvalue weighted by molar-refractivity contribution is -0.141. The molecule has 2 aromatic rings. The van der Waals surface area contributed by atoms with Gasteiger partial charge in [0.2, 0.25) is 10.0 Å². The predicted octanol–water partition coefficient (Wildman–Crippen LogP) is 2.74. The van der Waals surface area contributed by atoms with Crippen LogP contribution in [0.4, 0.5) is 22.0 Å². The topological polar surface area (TPSA) is 72.0 Å². The Bertz CT molecular complexity index is 901. The monoisotopic (exact) mass is 395 g/mol. The third-order valence-corrected chi connectivity index (χ3v) is 4.55. The van der Waals surface area contributed by atoms with E-state index in [2.05, 4.69) is 14.7 Å². The molecule has 0 aliphatic carbocycles. The minimum Gasteiger partial charge on any atom is -0.238 e. The molecule has 1 aromatic carbocycles. The molecule has 1 aromatic heterocycles. The summed E-state index contributed by atoms with van der Waals surface area (Å²) >= 11 is 0. The van der Waals surface area contributed by atoms with Crippen LogP contribution in [0.25, 0.3) is 0 Å². The summed E-state index contributed by atoms with van der Waals surface area (Å²) in [6, 6.07) is 3.19. The summed E-state index contributed by atoms with van der Waals surface area (Å²) < 4.78 is 90.6. The highest BCUT2D eigenvalue weighted by Gasteiger charge is 2.33. The number of nitrogens with one attached hydrogen (secondary N) is 1. The van der Waals surface area contributed by atoms with E-state index in [-0.39, 0.29) is 30.0 Å². The third-order valence-electron chi connectivity index (χ3n) is 3.21. The van der Waals surface area contributed by atoms with Gasteiger partial charge in [-0.15, -0.1) is 0 Å². The maximum atomic E-state index is 13.5. The van der Waals surface area contributed by atoms with Crippen LogP contribution >= 0.6 is 0 Å². The molecule has 26 heavy (non-hydrogen) atoms. The van der Waals surface area contributed by atoms with Crippen molar-refractivity contribution in [2.24, 2.45) is 0 Å². The molecule has 2 rings (SSSR count). The summed E-state index contributed by atoms with van der Waals surface area (Å²) in [5.74, 6) is -2.66. The van der Waals surface area contributed by atoms with Crippen molar-refractivity contribution in [3.05, 3.63) is 58.7 Å². The standard InChI is InChI=1S/C15H14F5N3O2S/c1-9-6-13(15(18,19)20)23-14(22-9)4-5-21-26(24,25)8-10-7-11(16)2-3-12(10)17/h2-3,6-7,21H,4-5,8H2,1H3. The highest BCUT2D eigenvalue weighted by molar-refractivity contribution is 7.88. The predicted molar refractivity (Wildman–Crippen MR) is 82.5 cm³/mol. The lowest BCUT2D eigenvalue weighted by Gasteiger charge is -2.10. The van der Waals surface area contributed by atoms with E-state index in [1.54, 1.807) is 0 Å². The molecule has 0 bridgehead atoms. The van der Waals surface area contributed by atoms with Crippen molar-refractivity contribution in [3.8, 4) is 0 Å². The van der Waals surface area contributed by atoms with Gasteiger partial charge in [0, 0.05) is 24.2 Å². The largest absolute Gasteiger partial charge is 0.433 e. The molecular weight excluding hydrogens is 381 g/mol. The quantitative estimate of drug-likeness (QED) is 0.764.